The second-order valence-electron chi connectivity index (χ2n) is 9.05. The van der Waals surface area contributed by atoms with Gasteiger partial charge in [-0.05, 0) is 37.1 Å². The maximum Gasteiger partial charge on any atom is 0.270 e. The summed E-state index contributed by atoms with van der Waals surface area (Å²) in [5.74, 6) is 0.593. The van der Waals surface area contributed by atoms with E-state index in [9.17, 15) is 14.9 Å². The monoisotopic (exact) mass is 533 g/mol. The lowest BCUT2D eigenvalue weighted by molar-refractivity contribution is -0.121. The van der Waals surface area contributed by atoms with Crippen LogP contribution in [0.4, 0.5) is 11.5 Å². The molecule has 2 fully saturated rings. The highest BCUT2D eigenvalue weighted by atomic mass is 32.2. The summed E-state index contributed by atoms with van der Waals surface area (Å²) in [6, 6.07) is 12.4. The number of nitriles is 1. The van der Waals surface area contributed by atoms with Gasteiger partial charge in [-0.15, -0.1) is 6.58 Å². The Balaban J connectivity index is 1.81. The van der Waals surface area contributed by atoms with Gasteiger partial charge in [0.2, 0.25) is 0 Å². The van der Waals surface area contributed by atoms with Crippen molar-refractivity contribution in [2.45, 2.75) is 33.2 Å². The van der Waals surface area contributed by atoms with E-state index in [1.165, 1.54) is 22.3 Å². The van der Waals surface area contributed by atoms with E-state index >= 15 is 0 Å². The molecular formula is C28H31N5O2S2. The van der Waals surface area contributed by atoms with Gasteiger partial charge in [0.25, 0.3) is 11.5 Å². The minimum absolute atomic E-state index is 0.121. The Labute approximate surface area is 227 Å². The molecule has 1 aromatic heterocycles. The molecule has 1 amide bonds. The molecule has 0 N–H and O–H groups in total. The highest BCUT2D eigenvalue weighted by Gasteiger charge is 2.33. The second-order valence-corrected chi connectivity index (χ2v) is 10.7. The predicted octanol–water partition coefficient (Wildman–Crippen LogP) is 4.54. The molecule has 9 heteroatoms. The Bertz CT molecular complexity index is 1340. The largest absolute Gasteiger partial charge is 0.368 e. The Morgan fingerprint density at radius 3 is 2.43 bits per heavy atom. The van der Waals surface area contributed by atoms with Crippen LogP contribution in [0.5, 0.6) is 0 Å². The number of benzene rings is 1. The fourth-order valence-corrected chi connectivity index (χ4v) is 6.00. The van der Waals surface area contributed by atoms with Gasteiger partial charge < -0.3 is 9.80 Å². The summed E-state index contributed by atoms with van der Waals surface area (Å²) in [5, 5.41) is 9.89. The number of carbonyl (C=O) groups is 1. The van der Waals surface area contributed by atoms with Crippen LogP contribution in [0.1, 0.15) is 36.5 Å². The molecule has 0 saturated carbocycles. The molecule has 0 atom stereocenters. The number of hydrogen-bond donors (Lipinski definition) is 0. The summed E-state index contributed by atoms with van der Waals surface area (Å²) in [4.78, 5) is 33.2. The number of carbonyl (C=O) groups excluding carboxylic acids is 1. The predicted molar refractivity (Wildman–Crippen MR) is 156 cm³/mol. The zero-order valence-electron chi connectivity index (χ0n) is 21.3. The van der Waals surface area contributed by atoms with Crippen LogP contribution in [0.25, 0.3) is 6.08 Å². The highest BCUT2D eigenvalue weighted by Crippen LogP contribution is 2.36. The third-order valence-electron chi connectivity index (χ3n) is 6.74. The molecule has 37 heavy (non-hydrogen) atoms. The first-order valence-electron chi connectivity index (χ1n) is 12.5. The summed E-state index contributed by atoms with van der Waals surface area (Å²) in [6.07, 6.45) is 5.19. The molecule has 2 saturated heterocycles. The fraction of sp³-hybridized carbons (Fsp3) is 0.357. The number of pyridine rings is 1. The van der Waals surface area contributed by atoms with Crippen LogP contribution in [0.2, 0.25) is 0 Å². The van der Waals surface area contributed by atoms with Gasteiger partial charge in [-0.25, -0.2) is 0 Å². The topological polar surface area (TPSA) is 72.6 Å². The molecule has 7 nitrogen and oxygen atoms in total. The third kappa shape index (κ3) is 5.36. The van der Waals surface area contributed by atoms with Crippen molar-refractivity contribution < 1.29 is 4.79 Å². The first-order valence-corrected chi connectivity index (χ1v) is 13.7. The number of para-hydroxylation sites is 1. The molecule has 2 aliphatic heterocycles. The molecule has 0 spiro atoms. The van der Waals surface area contributed by atoms with Crippen molar-refractivity contribution in [2.75, 3.05) is 42.5 Å². The fourth-order valence-electron chi connectivity index (χ4n) is 4.74. The van der Waals surface area contributed by atoms with E-state index in [1.54, 1.807) is 17.6 Å². The van der Waals surface area contributed by atoms with Crippen LogP contribution < -0.4 is 15.4 Å². The molecule has 1 aromatic carbocycles. The summed E-state index contributed by atoms with van der Waals surface area (Å²) >= 11 is 6.68. The average Bonchev–Trinajstić information content (AvgIpc) is 3.18. The molecule has 4 rings (SSSR count). The molecule has 0 bridgehead atoms. The van der Waals surface area contributed by atoms with Crippen LogP contribution in [0, 0.1) is 18.3 Å². The van der Waals surface area contributed by atoms with Crippen LogP contribution in [-0.2, 0) is 11.3 Å². The van der Waals surface area contributed by atoms with Crippen molar-refractivity contribution in [1.29, 1.82) is 5.26 Å². The third-order valence-corrected chi connectivity index (χ3v) is 8.12. The van der Waals surface area contributed by atoms with Crippen molar-refractivity contribution in [3.63, 3.8) is 0 Å². The van der Waals surface area contributed by atoms with E-state index in [1.807, 2.05) is 24.3 Å². The molecule has 2 aliphatic rings. The van der Waals surface area contributed by atoms with Crippen LogP contribution in [0.3, 0.4) is 0 Å². The van der Waals surface area contributed by atoms with Crippen LogP contribution >= 0.6 is 24.0 Å². The molecule has 3 heterocycles. The minimum Gasteiger partial charge on any atom is -0.368 e. The number of amides is 1. The first kappa shape index (κ1) is 26.7. The molecule has 0 radical (unpaired) electrons. The Kier molecular flexibility index (Phi) is 8.52. The van der Waals surface area contributed by atoms with Gasteiger partial charge in [-0.2, -0.15) is 5.26 Å². The van der Waals surface area contributed by atoms with Gasteiger partial charge in [0.05, 0.1) is 4.91 Å². The van der Waals surface area contributed by atoms with Gasteiger partial charge >= 0.3 is 0 Å². The summed E-state index contributed by atoms with van der Waals surface area (Å²) in [7, 11) is 0. The molecule has 192 valence electrons. The Hall–Kier alpha value is -3.35. The van der Waals surface area contributed by atoms with E-state index in [2.05, 4.69) is 41.5 Å². The van der Waals surface area contributed by atoms with Gasteiger partial charge in [0.15, 0.2) is 0 Å². The van der Waals surface area contributed by atoms with E-state index in [0.717, 1.165) is 37.3 Å². The number of rotatable bonds is 8. The Morgan fingerprint density at radius 1 is 1.14 bits per heavy atom. The molecule has 0 unspecified atom stereocenters. The van der Waals surface area contributed by atoms with E-state index < -0.39 is 0 Å². The number of hydrogen-bond acceptors (Lipinski definition) is 7. The van der Waals surface area contributed by atoms with Gasteiger partial charge in [0.1, 0.15) is 21.8 Å². The average molecular weight is 534 g/mol. The Morgan fingerprint density at radius 2 is 1.81 bits per heavy atom. The molecule has 2 aromatic rings. The second kappa shape index (κ2) is 11.8. The normalized spacial score (nSPS) is 17.0. The lowest BCUT2D eigenvalue weighted by atomic mass is 10.0. The van der Waals surface area contributed by atoms with Crippen molar-refractivity contribution in [2.24, 2.45) is 0 Å². The van der Waals surface area contributed by atoms with E-state index in [4.69, 9.17) is 12.2 Å². The van der Waals surface area contributed by atoms with E-state index in [-0.39, 0.29) is 17.0 Å². The highest BCUT2D eigenvalue weighted by molar-refractivity contribution is 8.26. The molecule has 0 aliphatic carbocycles. The van der Waals surface area contributed by atoms with Gasteiger partial charge in [0, 0.05) is 50.5 Å². The summed E-state index contributed by atoms with van der Waals surface area (Å²) in [6.45, 7) is 11.5. The van der Waals surface area contributed by atoms with Crippen molar-refractivity contribution in [3.05, 3.63) is 74.9 Å². The zero-order chi connectivity index (χ0) is 26.5. The number of aromatic nitrogens is 1. The van der Waals surface area contributed by atoms with Crippen molar-refractivity contribution in [3.8, 4) is 6.07 Å². The van der Waals surface area contributed by atoms with Gasteiger partial charge in [-0.3, -0.25) is 19.1 Å². The number of thiocarbonyl (C=S) groups is 1. The lowest BCUT2D eigenvalue weighted by Crippen LogP contribution is -2.48. The zero-order valence-corrected chi connectivity index (χ0v) is 22.9. The van der Waals surface area contributed by atoms with Gasteiger partial charge in [-0.1, -0.05) is 61.6 Å². The number of nitrogens with zero attached hydrogens (tertiary/aromatic N) is 5. The number of unbranched alkanes of at least 4 members (excludes halogenated alkanes) is 1. The maximum absolute atomic E-state index is 13.5. The number of piperazine rings is 1. The summed E-state index contributed by atoms with van der Waals surface area (Å²) in [5.41, 5.74) is 2.35. The standard InChI is InChI=1S/C28H31N5O2S2/c1-4-6-13-32-25(31-16-14-30(15-17-31)21-10-8-7-9-11-21)22(20(3)23(19-29)26(32)34)18-24-27(35)33(12-5-2)28(36)37-24/h5,7-11,18H,2,4,6,12-17H2,1,3H3/b24-18+. The van der Waals surface area contributed by atoms with Crippen molar-refractivity contribution in [1.82, 2.24) is 9.47 Å². The van der Waals surface area contributed by atoms with Crippen LogP contribution in [0.15, 0.2) is 52.7 Å². The quantitative estimate of drug-likeness (QED) is 0.280. The summed E-state index contributed by atoms with van der Waals surface area (Å²) < 4.78 is 2.22. The smallest absolute Gasteiger partial charge is 0.270 e. The minimum atomic E-state index is -0.273. The molecular weight excluding hydrogens is 502 g/mol. The maximum atomic E-state index is 13.5. The van der Waals surface area contributed by atoms with Crippen LogP contribution in [-0.4, -0.2) is 52.4 Å². The SMILES string of the molecule is C=CCN1C(=O)/C(=C\c2c(C)c(C#N)c(=O)n(CCCC)c2N2CCN(c3ccccc3)CC2)SC1=S. The van der Waals surface area contributed by atoms with E-state index in [0.29, 0.717) is 41.0 Å². The number of thioether (sulfide) groups is 1. The van der Waals surface area contributed by atoms with Crippen molar-refractivity contribution >= 4 is 51.8 Å². The first-order chi connectivity index (χ1) is 17.9. The number of anilines is 2. The lowest BCUT2D eigenvalue weighted by Gasteiger charge is -2.39.